The van der Waals surface area contributed by atoms with E-state index >= 15 is 0 Å². The largest absolute Gasteiger partial charge is 0.465 e. The average Bonchev–Trinajstić information content (AvgIpc) is 3.56. The molecule has 0 bridgehead atoms. The molecular formula is C32H38N4O8S2. The molecule has 46 heavy (non-hydrogen) atoms. The molecule has 0 radical (unpaired) electrons. The fourth-order valence-corrected chi connectivity index (χ4v) is 7.08. The summed E-state index contributed by atoms with van der Waals surface area (Å²) in [5, 5.41) is 5.68. The molecule has 3 rings (SSSR count). The maximum absolute atomic E-state index is 13.4. The number of nitrogens with zero attached hydrogens (tertiary/aromatic N) is 2. The van der Waals surface area contributed by atoms with Crippen molar-refractivity contribution in [2.45, 2.75) is 41.5 Å². The number of thiophene rings is 2. The lowest BCUT2D eigenvalue weighted by Gasteiger charge is -2.17. The van der Waals surface area contributed by atoms with Gasteiger partial charge in [0.1, 0.15) is 10.0 Å². The molecule has 0 aliphatic rings. The lowest BCUT2D eigenvalue weighted by atomic mass is 10.1. The minimum absolute atomic E-state index is 0.0729. The molecule has 2 heterocycles. The van der Waals surface area contributed by atoms with Gasteiger partial charge in [0.05, 0.1) is 35.1 Å². The Morgan fingerprint density at radius 1 is 0.652 bits per heavy atom. The summed E-state index contributed by atoms with van der Waals surface area (Å²) in [6.07, 6.45) is 0. The van der Waals surface area contributed by atoms with Gasteiger partial charge in [-0.25, -0.2) is 9.59 Å². The molecule has 12 nitrogen and oxygen atoms in total. The van der Waals surface area contributed by atoms with Crippen LogP contribution in [0.25, 0.3) is 0 Å². The van der Waals surface area contributed by atoms with Crippen LogP contribution < -0.4 is 10.6 Å². The monoisotopic (exact) mass is 670 g/mol. The summed E-state index contributed by atoms with van der Waals surface area (Å²) in [5.74, 6) is -3.21. The zero-order valence-electron chi connectivity index (χ0n) is 27.1. The third-order valence-electron chi connectivity index (χ3n) is 7.40. The Morgan fingerprint density at radius 3 is 1.30 bits per heavy atom. The van der Waals surface area contributed by atoms with Gasteiger partial charge in [-0.2, -0.15) is 0 Å². The van der Waals surface area contributed by atoms with E-state index in [9.17, 15) is 28.8 Å². The van der Waals surface area contributed by atoms with Crippen molar-refractivity contribution in [3.05, 3.63) is 67.4 Å². The van der Waals surface area contributed by atoms with Crippen LogP contribution in [0, 0.1) is 13.8 Å². The van der Waals surface area contributed by atoms with Crippen molar-refractivity contribution in [2.24, 2.45) is 0 Å². The minimum Gasteiger partial charge on any atom is -0.465 e. The number of rotatable bonds is 12. The Bertz CT molecular complexity index is 1550. The molecule has 4 amide bonds. The van der Waals surface area contributed by atoms with Crippen LogP contribution in [0.4, 0.5) is 10.0 Å². The zero-order chi connectivity index (χ0) is 34.3. The number of methoxy groups -OCH3 is 2. The Balaban J connectivity index is 1.94. The number of hydrogen-bond acceptors (Lipinski definition) is 10. The Labute approximate surface area is 275 Å². The minimum atomic E-state index is -0.706. The Kier molecular flexibility index (Phi) is 12.2. The van der Waals surface area contributed by atoms with Gasteiger partial charge in [-0.15, -0.1) is 22.7 Å². The number of nitrogens with one attached hydrogen (secondary N) is 2. The van der Waals surface area contributed by atoms with E-state index in [1.807, 2.05) is 27.7 Å². The number of carbonyl (C=O) groups excluding carboxylic acids is 6. The van der Waals surface area contributed by atoms with Gasteiger partial charge in [0, 0.05) is 37.3 Å². The predicted octanol–water partition coefficient (Wildman–Crippen LogP) is 5.47. The number of esters is 2. The number of amides is 4. The van der Waals surface area contributed by atoms with Crippen molar-refractivity contribution in [1.29, 1.82) is 0 Å². The molecule has 0 aliphatic heterocycles. The lowest BCUT2D eigenvalue weighted by molar-refractivity contribution is 0.0592. The second kappa shape index (κ2) is 15.6. The third-order valence-corrected chi connectivity index (χ3v) is 9.79. The van der Waals surface area contributed by atoms with Crippen LogP contribution in [0.5, 0.6) is 0 Å². The summed E-state index contributed by atoms with van der Waals surface area (Å²) in [7, 11) is 2.42. The van der Waals surface area contributed by atoms with E-state index < -0.39 is 23.8 Å². The molecule has 0 atom stereocenters. The number of benzene rings is 1. The van der Waals surface area contributed by atoms with Gasteiger partial charge >= 0.3 is 11.9 Å². The highest BCUT2D eigenvalue weighted by Gasteiger charge is 2.30. The van der Waals surface area contributed by atoms with E-state index in [4.69, 9.17) is 9.47 Å². The summed E-state index contributed by atoms with van der Waals surface area (Å²) in [6, 6.07) is 5.84. The fourth-order valence-electron chi connectivity index (χ4n) is 4.77. The first-order chi connectivity index (χ1) is 21.9. The second-order valence-corrected chi connectivity index (χ2v) is 12.0. The number of carbonyl (C=O) groups is 6. The lowest BCUT2D eigenvalue weighted by Crippen LogP contribution is -2.30. The van der Waals surface area contributed by atoms with Gasteiger partial charge in [-0.1, -0.05) is 6.07 Å². The Morgan fingerprint density at radius 2 is 1.00 bits per heavy atom. The fraction of sp³-hybridized carbons (Fsp3) is 0.375. The van der Waals surface area contributed by atoms with Crippen LogP contribution in [-0.2, 0) is 9.47 Å². The highest BCUT2D eigenvalue weighted by Crippen LogP contribution is 2.36. The average molecular weight is 671 g/mol. The van der Waals surface area contributed by atoms with Gasteiger partial charge in [-0.05, 0) is 70.9 Å². The summed E-state index contributed by atoms with van der Waals surface area (Å²) in [4.78, 5) is 82.2. The van der Waals surface area contributed by atoms with Gasteiger partial charge in [0.2, 0.25) is 0 Å². The van der Waals surface area contributed by atoms with Crippen LogP contribution in [-0.4, -0.2) is 85.8 Å². The number of ether oxygens (including phenoxy) is 2. The van der Waals surface area contributed by atoms with E-state index in [1.54, 1.807) is 23.6 Å². The molecule has 2 aromatic heterocycles. The third kappa shape index (κ3) is 7.29. The predicted molar refractivity (Wildman–Crippen MR) is 178 cm³/mol. The van der Waals surface area contributed by atoms with Gasteiger partial charge in [0.15, 0.2) is 0 Å². The molecule has 1 aromatic carbocycles. The van der Waals surface area contributed by atoms with Crippen LogP contribution in [0.15, 0.2) is 24.3 Å². The highest BCUT2D eigenvalue weighted by molar-refractivity contribution is 7.19. The summed E-state index contributed by atoms with van der Waals surface area (Å²) in [5.41, 5.74) is 1.12. The first-order valence-corrected chi connectivity index (χ1v) is 16.3. The molecule has 246 valence electrons. The van der Waals surface area contributed by atoms with Crippen LogP contribution in [0.1, 0.15) is 99.6 Å². The molecule has 0 saturated heterocycles. The molecule has 3 aromatic rings. The SMILES string of the molecule is CCN(CC)C(=O)c1sc(NC(=O)c2cccc(C(=O)Nc3sc(C(=O)N(CC)CC)c(C)c3C(=O)OC)c2)c(C(=O)OC)c1C. The maximum Gasteiger partial charge on any atom is 0.341 e. The zero-order valence-corrected chi connectivity index (χ0v) is 28.7. The van der Waals surface area contributed by atoms with Crippen molar-refractivity contribution >= 4 is 68.2 Å². The van der Waals surface area contributed by atoms with Crippen molar-refractivity contribution < 1.29 is 38.2 Å². The summed E-state index contributed by atoms with van der Waals surface area (Å²) < 4.78 is 9.85. The molecule has 0 aliphatic carbocycles. The maximum atomic E-state index is 13.4. The first kappa shape index (κ1) is 35.9. The smallest absolute Gasteiger partial charge is 0.341 e. The Hall–Kier alpha value is -4.56. The van der Waals surface area contributed by atoms with Gasteiger partial charge < -0.3 is 29.9 Å². The van der Waals surface area contributed by atoms with E-state index in [2.05, 4.69) is 10.6 Å². The number of hydrogen-bond donors (Lipinski definition) is 2. The van der Waals surface area contributed by atoms with Gasteiger partial charge in [0.25, 0.3) is 23.6 Å². The van der Waals surface area contributed by atoms with E-state index in [1.165, 1.54) is 38.5 Å². The highest BCUT2D eigenvalue weighted by atomic mass is 32.1. The first-order valence-electron chi connectivity index (χ1n) is 14.6. The van der Waals surface area contributed by atoms with Crippen molar-refractivity contribution in [3.8, 4) is 0 Å². The van der Waals surface area contributed by atoms with E-state index in [0.717, 1.165) is 22.7 Å². The van der Waals surface area contributed by atoms with Crippen LogP contribution in [0.2, 0.25) is 0 Å². The van der Waals surface area contributed by atoms with E-state index in [0.29, 0.717) is 47.1 Å². The topological polar surface area (TPSA) is 151 Å². The normalized spacial score (nSPS) is 10.6. The molecule has 2 N–H and O–H groups in total. The molecule has 0 spiro atoms. The molecule has 0 fully saturated rings. The molecule has 14 heteroatoms. The van der Waals surface area contributed by atoms with Gasteiger partial charge in [-0.3, -0.25) is 19.2 Å². The second-order valence-electron chi connectivity index (χ2n) is 9.95. The van der Waals surface area contributed by atoms with E-state index in [-0.39, 0.29) is 44.1 Å². The molecule has 0 unspecified atom stereocenters. The van der Waals surface area contributed by atoms with Crippen LogP contribution >= 0.6 is 22.7 Å². The molecule has 0 saturated carbocycles. The van der Waals surface area contributed by atoms with Crippen molar-refractivity contribution in [1.82, 2.24) is 9.80 Å². The quantitative estimate of drug-likeness (QED) is 0.241. The van der Waals surface area contributed by atoms with Crippen molar-refractivity contribution in [3.63, 3.8) is 0 Å². The summed E-state index contributed by atoms with van der Waals surface area (Å²) in [6.45, 7) is 12.5. The van der Waals surface area contributed by atoms with Crippen molar-refractivity contribution in [2.75, 3.05) is 51.0 Å². The standard InChI is InChI=1S/C32H38N4O8S2/c1-9-35(10-2)29(39)23-17(5)21(31(41)43-7)27(45-23)33-25(37)19-14-13-15-20(16-19)26(38)34-28-22(32(42)44-8)18(6)24(46-28)30(40)36(11-3)12-4/h13-16H,9-12H2,1-8H3,(H,33,37)(H,34,38). The van der Waals surface area contributed by atoms with Crippen LogP contribution in [0.3, 0.4) is 0 Å². The number of anilines is 2. The summed E-state index contributed by atoms with van der Waals surface area (Å²) >= 11 is 1.95. The molecular weight excluding hydrogens is 633 g/mol.